The molecule has 19 heavy (non-hydrogen) atoms. The summed E-state index contributed by atoms with van der Waals surface area (Å²) in [7, 11) is 0. The summed E-state index contributed by atoms with van der Waals surface area (Å²) in [5, 5.41) is 13.9. The predicted octanol–water partition coefficient (Wildman–Crippen LogP) is 2.00. The van der Waals surface area contributed by atoms with Gasteiger partial charge in [-0.05, 0) is 19.9 Å². The number of nitrogens with one attached hydrogen (secondary N) is 1. The van der Waals surface area contributed by atoms with Crippen LogP contribution in [0.5, 0.6) is 0 Å². The quantitative estimate of drug-likeness (QED) is 0.657. The molecule has 0 saturated carbocycles. The van der Waals surface area contributed by atoms with E-state index in [9.17, 15) is 10.1 Å². The lowest BCUT2D eigenvalue weighted by Gasteiger charge is -2.15. The summed E-state index contributed by atoms with van der Waals surface area (Å²) >= 11 is 0. The molecule has 0 aliphatic rings. The molecule has 0 spiro atoms. The van der Waals surface area contributed by atoms with E-state index in [1.165, 1.54) is 6.20 Å². The largest absolute Gasteiger partial charge is 0.366 e. The molecule has 0 aliphatic heterocycles. The second-order valence-corrected chi connectivity index (χ2v) is 4.42. The predicted molar refractivity (Wildman–Crippen MR) is 70.9 cm³/mol. The Kier molecular flexibility index (Phi) is 3.74. The van der Waals surface area contributed by atoms with Gasteiger partial charge in [-0.3, -0.25) is 10.1 Å². The Labute approximate surface area is 110 Å². The van der Waals surface area contributed by atoms with Crippen molar-refractivity contribution in [3.05, 3.63) is 46.7 Å². The number of anilines is 1. The fourth-order valence-corrected chi connectivity index (χ4v) is 1.83. The summed E-state index contributed by atoms with van der Waals surface area (Å²) in [4.78, 5) is 18.3. The van der Waals surface area contributed by atoms with E-state index < -0.39 is 4.92 Å². The Bertz CT molecular complexity index is 568. The van der Waals surface area contributed by atoms with E-state index in [0.29, 0.717) is 11.4 Å². The van der Waals surface area contributed by atoms with Crippen molar-refractivity contribution < 1.29 is 4.92 Å². The Hall–Kier alpha value is -2.44. The van der Waals surface area contributed by atoms with Gasteiger partial charge < -0.3 is 9.88 Å². The maximum Gasteiger partial charge on any atom is 0.290 e. The summed E-state index contributed by atoms with van der Waals surface area (Å²) in [6.07, 6.45) is 6.63. The second-order valence-electron chi connectivity index (χ2n) is 4.42. The van der Waals surface area contributed by atoms with E-state index in [1.807, 2.05) is 17.7 Å². The highest BCUT2D eigenvalue weighted by molar-refractivity contribution is 5.47. The minimum atomic E-state index is -0.430. The summed E-state index contributed by atoms with van der Waals surface area (Å²) in [6, 6.07) is 1.82. The first-order valence-electron chi connectivity index (χ1n) is 5.89. The zero-order valence-corrected chi connectivity index (χ0v) is 10.8. The van der Waals surface area contributed by atoms with E-state index in [-0.39, 0.29) is 11.7 Å². The lowest BCUT2D eigenvalue weighted by Crippen LogP contribution is -2.21. The summed E-state index contributed by atoms with van der Waals surface area (Å²) in [6.45, 7) is 4.46. The minimum absolute atomic E-state index is 0.0350. The fraction of sp³-hybridized carbons (Fsp3) is 0.333. The van der Waals surface area contributed by atoms with Gasteiger partial charge in [0.25, 0.3) is 5.69 Å². The van der Waals surface area contributed by atoms with Crippen molar-refractivity contribution in [3.63, 3.8) is 0 Å². The van der Waals surface area contributed by atoms with Crippen LogP contribution in [-0.2, 0) is 6.54 Å². The number of aryl methyl sites for hydroxylation is 1. The first-order chi connectivity index (χ1) is 9.06. The van der Waals surface area contributed by atoms with Crippen LogP contribution in [0.25, 0.3) is 0 Å². The maximum atomic E-state index is 10.7. The molecule has 7 heteroatoms. The molecule has 0 radical (unpaired) electrons. The van der Waals surface area contributed by atoms with Crippen molar-refractivity contribution in [1.29, 1.82) is 0 Å². The topological polar surface area (TPSA) is 85.9 Å². The van der Waals surface area contributed by atoms with Crippen molar-refractivity contribution in [2.45, 2.75) is 26.4 Å². The molecule has 0 aromatic carbocycles. The monoisotopic (exact) mass is 261 g/mol. The summed E-state index contributed by atoms with van der Waals surface area (Å²) in [5.41, 5.74) is 0.630. The third-order valence-corrected chi connectivity index (χ3v) is 2.72. The molecule has 0 fully saturated rings. The van der Waals surface area contributed by atoms with Crippen molar-refractivity contribution in [2.75, 3.05) is 5.32 Å². The molecule has 1 atom stereocenters. The molecule has 2 rings (SSSR count). The highest BCUT2D eigenvalue weighted by Crippen LogP contribution is 2.19. The summed E-state index contributed by atoms with van der Waals surface area (Å²) < 4.78 is 1.95. The van der Waals surface area contributed by atoms with Gasteiger partial charge in [0, 0.05) is 30.5 Å². The highest BCUT2D eigenvalue weighted by Gasteiger charge is 2.12. The van der Waals surface area contributed by atoms with Gasteiger partial charge in [-0.15, -0.1) is 0 Å². The molecule has 2 aromatic heterocycles. The first kappa shape index (κ1) is 13.0. The molecule has 100 valence electrons. The number of nitro groups is 1. The van der Waals surface area contributed by atoms with Gasteiger partial charge in [0.05, 0.1) is 11.3 Å². The number of hydrogen-bond acceptors (Lipinski definition) is 5. The molecule has 0 amide bonds. The molecular weight excluding hydrogens is 246 g/mol. The fourth-order valence-electron chi connectivity index (χ4n) is 1.83. The number of hydrogen-bond donors (Lipinski definition) is 1. The number of aromatic nitrogens is 3. The Balaban J connectivity index is 2.03. The van der Waals surface area contributed by atoms with Crippen molar-refractivity contribution in [3.8, 4) is 0 Å². The smallest absolute Gasteiger partial charge is 0.290 e. The van der Waals surface area contributed by atoms with Gasteiger partial charge >= 0.3 is 0 Å². The highest BCUT2D eigenvalue weighted by atomic mass is 16.6. The third-order valence-electron chi connectivity index (χ3n) is 2.72. The van der Waals surface area contributed by atoms with Gasteiger partial charge in [-0.25, -0.2) is 9.97 Å². The third kappa shape index (κ3) is 3.27. The van der Waals surface area contributed by atoms with Crippen LogP contribution >= 0.6 is 0 Å². The molecule has 0 bridgehead atoms. The normalized spacial score (nSPS) is 12.1. The van der Waals surface area contributed by atoms with Crippen LogP contribution in [0.4, 0.5) is 11.5 Å². The molecule has 7 nitrogen and oxygen atoms in total. The van der Waals surface area contributed by atoms with Gasteiger partial charge in [-0.1, -0.05) is 0 Å². The van der Waals surface area contributed by atoms with Crippen molar-refractivity contribution in [1.82, 2.24) is 14.5 Å². The van der Waals surface area contributed by atoms with E-state index >= 15 is 0 Å². The zero-order valence-electron chi connectivity index (χ0n) is 10.8. The van der Waals surface area contributed by atoms with Crippen molar-refractivity contribution in [2.24, 2.45) is 0 Å². The molecule has 0 aliphatic carbocycles. The maximum absolute atomic E-state index is 10.7. The van der Waals surface area contributed by atoms with Crippen LogP contribution in [0.15, 0.2) is 31.0 Å². The van der Waals surface area contributed by atoms with E-state index in [1.54, 1.807) is 25.5 Å². The van der Waals surface area contributed by atoms with E-state index in [4.69, 9.17) is 0 Å². The first-order valence-corrected chi connectivity index (χ1v) is 5.89. The van der Waals surface area contributed by atoms with E-state index in [2.05, 4.69) is 15.3 Å². The van der Waals surface area contributed by atoms with Crippen molar-refractivity contribution >= 4 is 11.5 Å². The van der Waals surface area contributed by atoms with Gasteiger partial charge in [-0.2, -0.15) is 0 Å². The zero-order chi connectivity index (χ0) is 13.8. The van der Waals surface area contributed by atoms with Crippen LogP contribution < -0.4 is 5.32 Å². The number of pyridine rings is 1. The molecule has 2 heterocycles. The average Bonchev–Trinajstić information content (AvgIpc) is 2.81. The lowest BCUT2D eigenvalue weighted by molar-refractivity contribution is -0.385. The van der Waals surface area contributed by atoms with Crippen LogP contribution in [0.1, 0.15) is 12.5 Å². The standard InChI is InChI=1S/C12H15N5O2/c1-9-5-12(14-6-11(9)17(18)19)15-10(2)7-16-4-3-13-8-16/h3-6,8,10H,7H2,1-2H3,(H,14,15). The molecule has 1 unspecified atom stereocenters. The molecule has 1 N–H and O–H groups in total. The average molecular weight is 261 g/mol. The van der Waals surface area contributed by atoms with Gasteiger partial charge in [0.15, 0.2) is 0 Å². The van der Waals surface area contributed by atoms with Crippen LogP contribution in [0, 0.1) is 17.0 Å². The van der Waals surface area contributed by atoms with E-state index in [0.717, 1.165) is 6.54 Å². The Morgan fingerprint density at radius 1 is 1.58 bits per heavy atom. The van der Waals surface area contributed by atoms with Gasteiger partial charge in [0.1, 0.15) is 12.0 Å². The molecular formula is C12H15N5O2. The number of imidazole rings is 1. The summed E-state index contributed by atoms with van der Waals surface area (Å²) in [5.74, 6) is 0.635. The second kappa shape index (κ2) is 5.47. The van der Waals surface area contributed by atoms with Crippen LogP contribution in [-0.4, -0.2) is 25.5 Å². The molecule has 2 aromatic rings. The SMILES string of the molecule is Cc1cc(NC(C)Cn2ccnc2)ncc1[N+](=O)[O-]. The lowest BCUT2D eigenvalue weighted by atomic mass is 10.2. The Morgan fingerprint density at radius 2 is 2.37 bits per heavy atom. The Morgan fingerprint density at radius 3 is 2.95 bits per heavy atom. The minimum Gasteiger partial charge on any atom is -0.366 e. The number of rotatable bonds is 5. The molecule has 0 saturated heterocycles. The number of nitrogens with zero attached hydrogens (tertiary/aromatic N) is 4. The van der Waals surface area contributed by atoms with Crippen LogP contribution in [0.3, 0.4) is 0 Å². The van der Waals surface area contributed by atoms with Crippen LogP contribution in [0.2, 0.25) is 0 Å². The van der Waals surface area contributed by atoms with Gasteiger partial charge in [0.2, 0.25) is 0 Å².